The Morgan fingerprint density at radius 3 is 2.48 bits per heavy atom. The van der Waals surface area contributed by atoms with Crippen LogP contribution >= 0.6 is 0 Å². The van der Waals surface area contributed by atoms with Gasteiger partial charge in [0.1, 0.15) is 17.4 Å². The molecule has 0 saturated carbocycles. The lowest BCUT2D eigenvalue weighted by molar-refractivity contribution is -0.114. The minimum atomic E-state index is -0.143. The second-order valence-corrected chi connectivity index (χ2v) is 4.51. The first-order valence-corrected chi connectivity index (χ1v) is 6.30. The third kappa shape index (κ3) is 3.34. The molecule has 0 atom stereocenters. The monoisotopic (exact) mass is 282 g/mol. The second-order valence-electron chi connectivity index (χ2n) is 4.51. The first-order chi connectivity index (χ1) is 10.0. The van der Waals surface area contributed by atoms with E-state index in [1.807, 2.05) is 0 Å². The predicted octanol–water partition coefficient (Wildman–Crippen LogP) is 2.72. The number of aromatic nitrogens is 2. The number of carbonyl (C=O) groups is 1. The lowest BCUT2D eigenvalue weighted by atomic mass is 10.1. The number of anilines is 1. The van der Waals surface area contributed by atoms with Crippen molar-refractivity contribution in [1.29, 1.82) is 5.26 Å². The Labute approximate surface area is 122 Å². The van der Waals surface area contributed by atoms with Crippen LogP contribution in [0.1, 0.15) is 23.7 Å². The third-order valence-electron chi connectivity index (χ3n) is 2.92. The molecule has 0 aliphatic heterocycles. The number of rotatable bonds is 3. The van der Waals surface area contributed by atoms with E-state index in [-0.39, 0.29) is 11.8 Å². The number of nitrogens with one attached hydrogen (secondary N) is 1. The van der Waals surface area contributed by atoms with Gasteiger partial charge in [0.2, 0.25) is 5.91 Å². The lowest BCUT2D eigenvalue weighted by Gasteiger charge is -2.09. The molecule has 0 unspecified atom stereocenters. The molecule has 1 amide bonds. The molecule has 0 fully saturated rings. The average Bonchev–Trinajstić information content (AvgIpc) is 2.45. The molecule has 6 heteroatoms. The molecule has 1 aromatic heterocycles. The van der Waals surface area contributed by atoms with Crippen LogP contribution in [0.4, 0.5) is 5.69 Å². The quantitative estimate of drug-likeness (QED) is 0.935. The van der Waals surface area contributed by atoms with Gasteiger partial charge in [-0.2, -0.15) is 10.4 Å². The summed E-state index contributed by atoms with van der Waals surface area (Å²) in [5, 5.41) is 19.7. The molecule has 0 aliphatic rings. The molecule has 1 heterocycles. The zero-order chi connectivity index (χ0) is 15.4. The van der Waals surface area contributed by atoms with Crippen LogP contribution < -0.4 is 10.1 Å². The van der Waals surface area contributed by atoms with Crippen LogP contribution in [-0.2, 0) is 4.79 Å². The molecule has 21 heavy (non-hydrogen) atoms. The summed E-state index contributed by atoms with van der Waals surface area (Å²) in [6.07, 6.45) is 0. The standard InChI is InChI=1S/C15H14N4O2/c1-9-10(2)18-19-15(14(9)8-16)21-13-6-4-12(5-7-13)17-11(3)20/h4-7H,1-3H3,(H,17,20). The minimum Gasteiger partial charge on any atom is -0.437 e. The summed E-state index contributed by atoms with van der Waals surface area (Å²) in [5.74, 6) is 0.543. The number of nitrogens with zero attached hydrogens (tertiary/aromatic N) is 3. The largest absolute Gasteiger partial charge is 0.437 e. The van der Waals surface area contributed by atoms with E-state index in [1.54, 1.807) is 38.1 Å². The smallest absolute Gasteiger partial charge is 0.257 e. The van der Waals surface area contributed by atoms with E-state index in [1.165, 1.54) is 6.92 Å². The molecule has 2 rings (SSSR count). The van der Waals surface area contributed by atoms with E-state index in [9.17, 15) is 10.1 Å². The molecular weight excluding hydrogens is 268 g/mol. The summed E-state index contributed by atoms with van der Waals surface area (Å²) in [4.78, 5) is 10.9. The minimum absolute atomic E-state index is 0.143. The first kappa shape index (κ1) is 14.5. The molecule has 106 valence electrons. The normalized spacial score (nSPS) is 9.81. The summed E-state index contributed by atoms with van der Waals surface area (Å²) in [6, 6.07) is 8.86. The number of benzene rings is 1. The number of amides is 1. The summed E-state index contributed by atoms with van der Waals surface area (Å²) in [6.45, 7) is 5.03. The maximum atomic E-state index is 10.9. The highest BCUT2D eigenvalue weighted by Gasteiger charge is 2.12. The summed E-state index contributed by atoms with van der Waals surface area (Å²) >= 11 is 0. The Morgan fingerprint density at radius 1 is 1.24 bits per heavy atom. The van der Waals surface area contributed by atoms with Crippen molar-refractivity contribution in [3.05, 3.63) is 41.1 Å². The van der Waals surface area contributed by atoms with Crippen molar-refractivity contribution in [2.45, 2.75) is 20.8 Å². The number of aryl methyl sites for hydroxylation is 1. The molecular formula is C15H14N4O2. The number of hydrogen-bond acceptors (Lipinski definition) is 5. The van der Waals surface area contributed by atoms with Crippen LogP contribution in [-0.4, -0.2) is 16.1 Å². The Bertz CT molecular complexity index is 718. The van der Waals surface area contributed by atoms with Gasteiger partial charge in [-0.05, 0) is 43.7 Å². The fourth-order valence-electron chi connectivity index (χ4n) is 1.71. The Hall–Kier alpha value is -2.94. The van der Waals surface area contributed by atoms with Crippen molar-refractivity contribution < 1.29 is 9.53 Å². The van der Waals surface area contributed by atoms with Crippen molar-refractivity contribution in [2.24, 2.45) is 0 Å². The van der Waals surface area contributed by atoms with Crippen molar-refractivity contribution in [3.63, 3.8) is 0 Å². The maximum Gasteiger partial charge on any atom is 0.257 e. The molecule has 0 aliphatic carbocycles. The van der Waals surface area contributed by atoms with E-state index < -0.39 is 0 Å². The van der Waals surface area contributed by atoms with Gasteiger partial charge in [0.05, 0.1) is 5.69 Å². The Balaban J connectivity index is 2.25. The van der Waals surface area contributed by atoms with Crippen molar-refractivity contribution in [1.82, 2.24) is 10.2 Å². The molecule has 1 aromatic carbocycles. The van der Waals surface area contributed by atoms with Gasteiger partial charge >= 0.3 is 0 Å². The van der Waals surface area contributed by atoms with Gasteiger partial charge in [0, 0.05) is 12.6 Å². The SMILES string of the molecule is CC(=O)Nc1ccc(Oc2nnc(C)c(C)c2C#N)cc1. The lowest BCUT2D eigenvalue weighted by Crippen LogP contribution is -2.05. The van der Waals surface area contributed by atoms with Gasteiger partial charge in [0.15, 0.2) is 0 Å². The van der Waals surface area contributed by atoms with E-state index >= 15 is 0 Å². The van der Waals surface area contributed by atoms with Crippen LogP contribution in [0.15, 0.2) is 24.3 Å². The average molecular weight is 282 g/mol. The third-order valence-corrected chi connectivity index (χ3v) is 2.92. The summed E-state index contributed by atoms with van der Waals surface area (Å²) in [7, 11) is 0. The number of hydrogen-bond donors (Lipinski definition) is 1. The number of ether oxygens (including phenoxy) is 1. The van der Waals surface area contributed by atoms with Crippen LogP contribution in [0.3, 0.4) is 0 Å². The van der Waals surface area contributed by atoms with Crippen molar-refractivity contribution in [3.8, 4) is 17.7 Å². The van der Waals surface area contributed by atoms with E-state index in [4.69, 9.17) is 4.74 Å². The van der Waals surface area contributed by atoms with Crippen molar-refractivity contribution >= 4 is 11.6 Å². The Morgan fingerprint density at radius 2 is 1.90 bits per heavy atom. The van der Waals surface area contributed by atoms with Gasteiger partial charge in [-0.3, -0.25) is 4.79 Å². The first-order valence-electron chi connectivity index (χ1n) is 6.30. The highest BCUT2D eigenvalue weighted by Crippen LogP contribution is 2.26. The zero-order valence-corrected chi connectivity index (χ0v) is 12.0. The van der Waals surface area contributed by atoms with Crippen LogP contribution in [0.5, 0.6) is 11.6 Å². The van der Waals surface area contributed by atoms with Crippen molar-refractivity contribution in [2.75, 3.05) is 5.32 Å². The Kier molecular flexibility index (Phi) is 4.14. The fourth-order valence-corrected chi connectivity index (χ4v) is 1.71. The number of carbonyl (C=O) groups excluding carboxylic acids is 1. The zero-order valence-electron chi connectivity index (χ0n) is 12.0. The van der Waals surface area contributed by atoms with Crippen LogP contribution in [0, 0.1) is 25.2 Å². The predicted molar refractivity (Wildman–Crippen MR) is 77.0 cm³/mol. The van der Waals surface area contributed by atoms with Crippen LogP contribution in [0.25, 0.3) is 0 Å². The highest BCUT2D eigenvalue weighted by atomic mass is 16.5. The topological polar surface area (TPSA) is 87.9 Å². The maximum absolute atomic E-state index is 10.9. The highest BCUT2D eigenvalue weighted by molar-refractivity contribution is 5.88. The van der Waals surface area contributed by atoms with Gasteiger partial charge in [0.25, 0.3) is 5.88 Å². The van der Waals surface area contributed by atoms with Gasteiger partial charge < -0.3 is 10.1 Å². The molecule has 1 N–H and O–H groups in total. The van der Waals surface area contributed by atoms with Gasteiger partial charge in [-0.1, -0.05) is 0 Å². The van der Waals surface area contributed by atoms with E-state index in [0.29, 0.717) is 22.7 Å². The number of nitriles is 1. The molecule has 0 saturated heterocycles. The molecule has 0 bridgehead atoms. The molecule has 0 spiro atoms. The van der Waals surface area contributed by atoms with E-state index in [0.717, 1.165) is 5.56 Å². The molecule has 6 nitrogen and oxygen atoms in total. The molecule has 2 aromatic rings. The summed E-state index contributed by atoms with van der Waals surface area (Å²) in [5.41, 5.74) is 2.48. The second kappa shape index (κ2) is 6.01. The van der Waals surface area contributed by atoms with Gasteiger partial charge in [-0.25, -0.2) is 0 Å². The van der Waals surface area contributed by atoms with Gasteiger partial charge in [-0.15, -0.1) is 5.10 Å². The fraction of sp³-hybridized carbons (Fsp3) is 0.200. The van der Waals surface area contributed by atoms with Crippen LogP contribution in [0.2, 0.25) is 0 Å². The molecule has 0 radical (unpaired) electrons. The van der Waals surface area contributed by atoms with E-state index in [2.05, 4.69) is 21.6 Å². The summed E-state index contributed by atoms with van der Waals surface area (Å²) < 4.78 is 5.59.